The zero-order valence-corrected chi connectivity index (χ0v) is 39.0. The zero-order valence-electron chi connectivity index (χ0n) is 36.4. The maximum atomic E-state index is 12.6. The second-order valence-corrected chi connectivity index (χ2v) is 14.1. The molecule has 19 heteroatoms. The minimum absolute atomic E-state index is 0. The minimum Gasteiger partial charge on any atom is -0.753 e. The molecule has 0 spiro atoms. The van der Waals surface area contributed by atoms with Crippen LogP contribution in [0.3, 0.4) is 0 Å². The van der Waals surface area contributed by atoms with Crippen molar-refractivity contribution in [3.8, 4) is 52.0 Å². The quantitative estimate of drug-likeness (QED) is 0.0195. The van der Waals surface area contributed by atoms with Crippen molar-refractivity contribution in [1.82, 2.24) is 24.8 Å². The van der Waals surface area contributed by atoms with E-state index in [2.05, 4.69) is 76.7 Å². The number of aromatic nitrogens is 4. The standard InChI is InChI=1S/C27H40F3N4.C18H11N3O6.CNS.Ru/c1-5-9-11-21(7-3)19-34(20-22(8-4)12-10-6-2)16-14-23-13-15-33-25(17-23)24(31)18-26(32)27(28,29)30;22-9-25-12-1-3-19-15(5-12)17-7-14(27-11-24)8-18(21-17)16-6-13(26-10-23)2-4-20-16;2-1-3;/h13,15,17-18,21-22,31-32H,5-12,19-20H2,1-4H3;1-11H;;/q-1;;-1;+2/b24-18-,32-26?;;;. The van der Waals surface area contributed by atoms with Gasteiger partial charge in [0.1, 0.15) is 23.0 Å². The number of nitrogens with one attached hydrogen (secondary N) is 2. The Labute approximate surface area is 395 Å². The second kappa shape index (κ2) is 31.6. The molecule has 14 nitrogen and oxygen atoms in total. The van der Waals surface area contributed by atoms with Crippen molar-refractivity contribution in [1.29, 1.82) is 5.41 Å². The molecular formula is C46H51F3N8O6RuS. The van der Waals surface area contributed by atoms with Crippen molar-refractivity contribution in [3.05, 3.63) is 95.6 Å². The molecule has 4 rings (SSSR count). The van der Waals surface area contributed by atoms with Crippen molar-refractivity contribution in [3.63, 3.8) is 0 Å². The van der Waals surface area contributed by atoms with Crippen molar-refractivity contribution >= 4 is 48.2 Å². The molecule has 0 fully saturated rings. The number of hydrogen-bond donors (Lipinski definition) is 1. The molecule has 2 N–H and O–H groups in total. The van der Waals surface area contributed by atoms with Crippen LogP contribution in [0.15, 0.2) is 73.2 Å². The third-order valence-electron chi connectivity index (χ3n) is 9.37. The molecule has 2 atom stereocenters. The van der Waals surface area contributed by atoms with E-state index in [1.165, 1.54) is 105 Å². The van der Waals surface area contributed by atoms with Gasteiger partial charge >= 0.3 is 25.7 Å². The van der Waals surface area contributed by atoms with Gasteiger partial charge in [0.25, 0.3) is 19.4 Å². The van der Waals surface area contributed by atoms with Gasteiger partial charge in [-0.3, -0.25) is 34.7 Å². The summed E-state index contributed by atoms with van der Waals surface area (Å²) in [5.41, 5.74) is 7.99. The smallest absolute Gasteiger partial charge is 0.753 e. The van der Waals surface area contributed by atoms with Crippen LogP contribution in [0.5, 0.6) is 17.2 Å². The number of alkyl halides is 3. The number of nitrogens with zero attached hydrogens (tertiary/aromatic N) is 6. The summed E-state index contributed by atoms with van der Waals surface area (Å²) in [6.45, 7) is 11.5. The molecule has 0 saturated heterocycles. The van der Waals surface area contributed by atoms with E-state index in [0.717, 1.165) is 25.9 Å². The van der Waals surface area contributed by atoms with Crippen molar-refractivity contribution in [2.75, 3.05) is 13.1 Å². The summed E-state index contributed by atoms with van der Waals surface area (Å²) in [7, 11) is 0. The molecule has 346 valence electrons. The number of unbranched alkanes of at least 4 members (excludes halogenated alkanes) is 2. The molecule has 0 bridgehead atoms. The number of isothiocyanates is 1. The van der Waals surface area contributed by atoms with Crippen LogP contribution in [0.4, 0.5) is 13.2 Å². The Bertz CT molecular complexity index is 2160. The van der Waals surface area contributed by atoms with Gasteiger partial charge in [0, 0.05) is 73.2 Å². The number of rotatable bonds is 22. The van der Waals surface area contributed by atoms with Gasteiger partial charge in [-0.1, -0.05) is 78.4 Å². The van der Waals surface area contributed by atoms with E-state index in [1.54, 1.807) is 6.07 Å². The molecular weight excluding hydrogens is 951 g/mol. The number of carbonyl (C=O) groups excluding carboxylic acids is 3. The van der Waals surface area contributed by atoms with E-state index >= 15 is 0 Å². The molecule has 65 heavy (non-hydrogen) atoms. The summed E-state index contributed by atoms with van der Waals surface area (Å²) in [6, 6.07) is 15.5. The predicted octanol–water partition coefficient (Wildman–Crippen LogP) is 10.6. The molecule has 4 heterocycles. The van der Waals surface area contributed by atoms with E-state index in [9.17, 15) is 27.6 Å². The van der Waals surface area contributed by atoms with Crippen LogP contribution in [-0.2, 0) is 33.9 Å². The van der Waals surface area contributed by atoms with Crippen molar-refractivity contribution < 1.29 is 61.2 Å². The van der Waals surface area contributed by atoms with E-state index < -0.39 is 17.6 Å². The van der Waals surface area contributed by atoms with E-state index in [0.29, 0.717) is 59.2 Å². The summed E-state index contributed by atoms with van der Waals surface area (Å²) in [5, 5.41) is 15.6. The fraction of sp³-hybridized carbons (Fsp3) is 0.370. The molecule has 4 aromatic heterocycles. The fourth-order valence-corrected chi connectivity index (χ4v) is 5.97. The van der Waals surface area contributed by atoms with E-state index in [1.807, 2.05) is 0 Å². The van der Waals surface area contributed by atoms with E-state index in [4.69, 9.17) is 30.8 Å². The summed E-state index contributed by atoms with van der Waals surface area (Å²) >= 11 is 3.70. The van der Waals surface area contributed by atoms with Crippen LogP contribution in [0.25, 0.3) is 39.6 Å². The Balaban J connectivity index is 0.000000615. The van der Waals surface area contributed by atoms with Crippen LogP contribution >= 0.6 is 12.2 Å². The largest absolute Gasteiger partial charge is 2.00 e. The van der Waals surface area contributed by atoms with Crippen molar-refractivity contribution in [2.24, 2.45) is 11.8 Å². The SMILES string of the molecule is CCCCC(CC)CN(C#Cc1ccnc(/C([NH-])=C/C(=N)C(F)(F)F)c1)CC(CC)CCCC.O=COc1ccnc(-c2cc(OC=O)cc(-c3cc(OC=O)ccn3)n2)c1.[N-]=C=S.[Ru+2]. The van der Waals surface area contributed by atoms with Crippen LogP contribution < -0.4 is 14.2 Å². The molecule has 0 saturated carbocycles. The summed E-state index contributed by atoms with van der Waals surface area (Å²) in [6.07, 6.45) is 9.31. The number of halogens is 3. The average molecular weight is 1000 g/mol. The molecule has 0 aliphatic heterocycles. The Morgan fingerprint density at radius 2 is 1.23 bits per heavy atom. The maximum absolute atomic E-state index is 12.6. The number of carbonyl (C=O) groups is 3. The first-order chi connectivity index (χ1) is 30.8. The Kier molecular flexibility index (Phi) is 27.6. The number of hydrogen-bond acceptors (Lipinski definition) is 13. The molecule has 0 aromatic carbocycles. The Morgan fingerprint density at radius 1 is 0.785 bits per heavy atom. The van der Waals surface area contributed by atoms with Crippen LogP contribution in [0, 0.1) is 29.2 Å². The number of thiocarbonyl (C=S) groups is 1. The molecule has 0 aliphatic carbocycles. The van der Waals surface area contributed by atoms with Gasteiger partial charge in [0.05, 0.1) is 22.8 Å². The first-order valence-electron chi connectivity index (χ1n) is 20.4. The third-order valence-corrected chi connectivity index (χ3v) is 9.37. The fourth-order valence-electron chi connectivity index (χ4n) is 5.97. The maximum Gasteiger partial charge on any atom is 2.00 e. The van der Waals surface area contributed by atoms with Crippen LogP contribution in [-0.4, -0.2) is 74.4 Å². The van der Waals surface area contributed by atoms with Gasteiger partial charge in [-0.25, -0.2) is 4.98 Å². The Hall–Kier alpha value is -6.21. The van der Waals surface area contributed by atoms with Gasteiger partial charge in [0.15, 0.2) is 0 Å². The van der Waals surface area contributed by atoms with Gasteiger partial charge in [-0.05, 0) is 60.9 Å². The molecule has 2 unspecified atom stereocenters. The Morgan fingerprint density at radius 3 is 1.66 bits per heavy atom. The first kappa shape index (κ1) is 56.8. The second-order valence-electron chi connectivity index (χ2n) is 13.9. The summed E-state index contributed by atoms with van der Waals surface area (Å²) in [5.74, 6) is 5.05. The topological polar surface area (TPSA) is 204 Å². The monoisotopic (exact) mass is 1000 g/mol. The molecule has 0 amide bonds. The number of pyridine rings is 4. The van der Waals surface area contributed by atoms with Crippen LogP contribution in [0.2, 0.25) is 0 Å². The van der Waals surface area contributed by atoms with E-state index in [-0.39, 0.29) is 48.9 Å². The first-order valence-corrected chi connectivity index (χ1v) is 20.8. The normalized spacial score (nSPS) is 11.4. The molecule has 0 radical (unpaired) electrons. The van der Waals surface area contributed by atoms with Gasteiger partial charge in [-0.15, -0.1) is 5.70 Å². The van der Waals surface area contributed by atoms with Crippen molar-refractivity contribution in [2.45, 2.75) is 85.2 Å². The number of ether oxygens (including phenoxy) is 3. The molecule has 4 aromatic rings. The minimum atomic E-state index is -4.79. The third kappa shape index (κ3) is 21.4. The predicted molar refractivity (Wildman–Crippen MR) is 242 cm³/mol. The molecule has 0 aliphatic rings. The zero-order chi connectivity index (χ0) is 47.3. The summed E-state index contributed by atoms with van der Waals surface area (Å²) < 4.78 is 52.5. The van der Waals surface area contributed by atoms with Gasteiger partial charge < -0.3 is 30.3 Å². The van der Waals surface area contributed by atoms with Gasteiger partial charge in [-0.2, -0.15) is 18.3 Å². The average Bonchev–Trinajstić information content (AvgIpc) is 3.28. The number of allylic oxidation sites excluding steroid dienone is 1. The van der Waals surface area contributed by atoms with Crippen LogP contribution in [0.1, 0.15) is 90.3 Å². The van der Waals surface area contributed by atoms with Gasteiger partial charge in [0.2, 0.25) is 0 Å². The summed E-state index contributed by atoms with van der Waals surface area (Å²) in [4.78, 5) is 50.8.